The number of hydrogen-bond donors (Lipinski definition) is 1. The second-order valence-corrected chi connectivity index (χ2v) is 4.88. The highest BCUT2D eigenvalue weighted by Crippen LogP contribution is 2.29. The van der Waals surface area contributed by atoms with Crippen molar-refractivity contribution >= 4 is 0 Å². The molecule has 1 fully saturated rings. The lowest BCUT2D eigenvalue weighted by Gasteiger charge is -2.11. The minimum atomic E-state index is -0.332. The fraction of sp³-hybridized carbons (Fsp3) is 0.615. The molecule has 0 bridgehead atoms. The summed E-state index contributed by atoms with van der Waals surface area (Å²) < 4.78 is 19.4. The normalized spacial score (nSPS) is 15.3. The fourth-order valence-corrected chi connectivity index (χ4v) is 1.49. The van der Waals surface area contributed by atoms with E-state index in [1.807, 2.05) is 13.8 Å². The van der Waals surface area contributed by atoms with Crippen LogP contribution in [0, 0.1) is 11.7 Å². The monoisotopic (exact) mass is 238 g/mol. The molecule has 1 aromatic heterocycles. The zero-order valence-electron chi connectivity index (χ0n) is 10.4. The summed E-state index contributed by atoms with van der Waals surface area (Å²) in [6.45, 7) is 5.16. The zero-order chi connectivity index (χ0) is 12.3. The second-order valence-electron chi connectivity index (χ2n) is 4.88. The molecule has 1 saturated carbocycles. The number of nitrogens with one attached hydrogen (secondary N) is 1. The van der Waals surface area contributed by atoms with Crippen LogP contribution in [0.4, 0.5) is 4.39 Å². The maximum Gasteiger partial charge on any atom is 0.250 e. The number of rotatable bonds is 6. The third-order valence-corrected chi connectivity index (χ3v) is 2.79. The maximum atomic E-state index is 14.0. The van der Waals surface area contributed by atoms with Crippen LogP contribution in [0.1, 0.15) is 32.3 Å². The molecule has 1 N–H and O–H groups in total. The van der Waals surface area contributed by atoms with Crippen molar-refractivity contribution in [1.29, 1.82) is 0 Å². The highest BCUT2D eigenvalue weighted by atomic mass is 19.1. The van der Waals surface area contributed by atoms with E-state index in [0.29, 0.717) is 30.7 Å². The first-order valence-electron chi connectivity index (χ1n) is 6.16. The van der Waals surface area contributed by atoms with Crippen LogP contribution in [0.15, 0.2) is 12.3 Å². The Labute approximate surface area is 101 Å². The van der Waals surface area contributed by atoms with Gasteiger partial charge in [-0.25, -0.2) is 9.37 Å². The van der Waals surface area contributed by atoms with Gasteiger partial charge in [-0.1, -0.05) is 13.8 Å². The number of pyridine rings is 1. The van der Waals surface area contributed by atoms with E-state index >= 15 is 0 Å². The van der Waals surface area contributed by atoms with E-state index in [1.165, 1.54) is 12.8 Å². The summed E-state index contributed by atoms with van der Waals surface area (Å²) in [5, 5.41) is 3.18. The molecule has 0 spiro atoms. The van der Waals surface area contributed by atoms with Gasteiger partial charge in [0.25, 0.3) is 5.88 Å². The quantitative estimate of drug-likeness (QED) is 0.827. The van der Waals surface area contributed by atoms with Crippen molar-refractivity contribution in [2.24, 2.45) is 5.92 Å². The van der Waals surface area contributed by atoms with Gasteiger partial charge in [-0.2, -0.15) is 0 Å². The van der Waals surface area contributed by atoms with E-state index in [9.17, 15) is 4.39 Å². The molecular formula is C13H19FN2O. The molecule has 0 unspecified atom stereocenters. The van der Waals surface area contributed by atoms with Crippen molar-refractivity contribution in [3.63, 3.8) is 0 Å². The molecule has 0 radical (unpaired) electrons. The lowest BCUT2D eigenvalue weighted by atomic mass is 10.2. The van der Waals surface area contributed by atoms with E-state index in [4.69, 9.17) is 4.74 Å². The molecule has 1 heterocycles. The van der Waals surface area contributed by atoms with Crippen LogP contribution in [0.3, 0.4) is 0 Å². The zero-order valence-corrected chi connectivity index (χ0v) is 10.4. The molecule has 1 aromatic rings. The summed E-state index contributed by atoms with van der Waals surface area (Å²) in [5.41, 5.74) is 0.611. The van der Waals surface area contributed by atoms with Crippen LogP contribution in [0.2, 0.25) is 0 Å². The van der Waals surface area contributed by atoms with Gasteiger partial charge in [-0.15, -0.1) is 0 Å². The molecule has 2 rings (SSSR count). The number of hydrogen-bond acceptors (Lipinski definition) is 3. The van der Waals surface area contributed by atoms with E-state index in [2.05, 4.69) is 10.3 Å². The Balaban J connectivity index is 1.97. The molecule has 94 valence electrons. The van der Waals surface area contributed by atoms with Crippen LogP contribution < -0.4 is 10.1 Å². The second kappa shape index (κ2) is 5.45. The predicted octanol–water partition coefficient (Wildman–Crippen LogP) is 2.51. The Bertz CT molecular complexity index is 353. The van der Waals surface area contributed by atoms with Gasteiger partial charge in [-0.3, -0.25) is 0 Å². The highest BCUT2D eigenvalue weighted by Gasteiger charge is 2.23. The summed E-state index contributed by atoms with van der Waals surface area (Å²) in [7, 11) is 0. The molecule has 0 aromatic carbocycles. The Morgan fingerprint density at radius 2 is 2.29 bits per heavy atom. The van der Waals surface area contributed by atoms with Gasteiger partial charge >= 0.3 is 0 Å². The van der Waals surface area contributed by atoms with Gasteiger partial charge in [0.1, 0.15) is 0 Å². The third-order valence-electron chi connectivity index (χ3n) is 2.79. The number of ether oxygens (including phenoxy) is 1. The Morgan fingerprint density at radius 3 is 2.94 bits per heavy atom. The molecule has 0 atom stereocenters. The molecule has 0 amide bonds. The Kier molecular flexibility index (Phi) is 3.94. The van der Waals surface area contributed by atoms with Crippen molar-refractivity contribution in [1.82, 2.24) is 10.3 Å². The summed E-state index contributed by atoms with van der Waals surface area (Å²) in [5.74, 6) is 0.412. The van der Waals surface area contributed by atoms with Gasteiger partial charge in [0.2, 0.25) is 0 Å². The first kappa shape index (κ1) is 12.3. The van der Waals surface area contributed by atoms with Crippen LogP contribution in [-0.2, 0) is 6.54 Å². The Hall–Kier alpha value is -1.16. The molecule has 1 aliphatic carbocycles. The summed E-state index contributed by atoms with van der Waals surface area (Å²) in [6, 6.07) is 2.02. The van der Waals surface area contributed by atoms with Crippen LogP contribution >= 0.6 is 0 Å². The molecule has 4 heteroatoms. The number of halogens is 1. The molecule has 17 heavy (non-hydrogen) atoms. The maximum absolute atomic E-state index is 14.0. The van der Waals surface area contributed by atoms with Crippen molar-refractivity contribution in [3.8, 4) is 5.88 Å². The largest absolute Gasteiger partial charge is 0.475 e. The lowest BCUT2D eigenvalue weighted by molar-refractivity contribution is 0.272. The third kappa shape index (κ3) is 3.66. The van der Waals surface area contributed by atoms with Gasteiger partial charge in [0.15, 0.2) is 5.82 Å². The van der Waals surface area contributed by atoms with Crippen LogP contribution in [-0.4, -0.2) is 17.6 Å². The molecule has 0 aliphatic heterocycles. The van der Waals surface area contributed by atoms with E-state index < -0.39 is 0 Å². The summed E-state index contributed by atoms with van der Waals surface area (Å²) >= 11 is 0. The minimum Gasteiger partial charge on any atom is -0.475 e. The van der Waals surface area contributed by atoms with Gasteiger partial charge in [0, 0.05) is 24.3 Å². The summed E-state index contributed by atoms with van der Waals surface area (Å²) in [6.07, 6.45) is 3.98. The molecule has 3 nitrogen and oxygen atoms in total. The summed E-state index contributed by atoms with van der Waals surface area (Å²) in [4.78, 5) is 3.94. The van der Waals surface area contributed by atoms with E-state index in [0.717, 1.165) is 0 Å². The van der Waals surface area contributed by atoms with Gasteiger partial charge < -0.3 is 10.1 Å². The SMILES string of the molecule is CC(C)NCc1ccnc(OCC2CC2)c1F. The molecule has 1 aliphatic rings. The first-order valence-corrected chi connectivity index (χ1v) is 6.16. The number of nitrogens with zero attached hydrogens (tertiary/aromatic N) is 1. The van der Waals surface area contributed by atoms with Crippen molar-refractivity contribution in [2.45, 2.75) is 39.3 Å². The van der Waals surface area contributed by atoms with Crippen molar-refractivity contribution in [2.75, 3.05) is 6.61 Å². The Morgan fingerprint density at radius 1 is 1.53 bits per heavy atom. The minimum absolute atomic E-state index is 0.139. The highest BCUT2D eigenvalue weighted by molar-refractivity contribution is 5.23. The molecular weight excluding hydrogens is 219 g/mol. The standard InChI is InChI=1S/C13H19FN2O/c1-9(2)16-7-11-5-6-15-13(12(11)14)17-8-10-3-4-10/h5-6,9-10,16H,3-4,7-8H2,1-2H3. The van der Waals surface area contributed by atoms with Crippen LogP contribution in [0.25, 0.3) is 0 Å². The van der Waals surface area contributed by atoms with E-state index in [1.54, 1.807) is 12.3 Å². The number of aromatic nitrogens is 1. The average Bonchev–Trinajstić information content (AvgIpc) is 3.10. The fourth-order valence-electron chi connectivity index (χ4n) is 1.49. The van der Waals surface area contributed by atoms with Gasteiger partial charge in [0.05, 0.1) is 6.61 Å². The topological polar surface area (TPSA) is 34.2 Å². The van der Waals surface area contributed by atoms with Crippen molar-refractivity contribution in [3.05, 3.63) is 23.6 Å². The van der Waals surface area contributed by atoms with Crippen molar-refractivity contribution < 1.29 is 9.13 Å². The molecule has 0 saturated heterocycles. The first-order chi connectivity index (χ1) is 8.16. The van der Waals surface area contributed by atoms with E-state index in [-0.39, 0.29) is 11.7 Å². The van der Waals surface area contributed by atoms with Gasteiger partial charge in [-0.05, 0) is 24.8 Å². The lowest BCUT2D eigenvalue weighted by Crippen LogP contribution is -2.22. The average molecular weight is 238 g/mol. The van der Waals surface area contributed by atoms with Crippen LogP contribution in [0.5, 0.6) is 5.88 Å². The smallest absolute Gasteiger partial charge is 0.250 e. The predicted molar refractivity (Wildman–Crippen MR) is 64.4 cm³/mol.